The van der Waals surface area contributed by atoms with Crippen molar-refractivity contribution in [1.82, 2.24) is 9.38 Å². The number of nitrogens with zero attached hydrogens (tertiary/aromatic N) is 2. The molecule has 2 aromatic carbocycles. The zero-order valence-electron chi connectivity index (χ0n) is 19.0. The average molecular weight is 430 g/mol. The lowest BCUT2D eigenvalue weighted by Gasteiger charge is -2.12. The summed E-state index contributed by atoms with van der Waals surface area (Å²) in [5.41, 5.74) is 7.53. The zero-order chi connectivity index (χ0) is 22.8. The van der Waals surface area contributed by atoms with Gasteiger partial charge in [-0.25, -0.2) is 4.98 Å². The zero-order valence-corrected chi connectivity index (χ0v) is 19.0. The topological polar surface area (TPSA) is 64.9 Å². The van der Waals surface area contributed by atoms with Crippen LogP contribution < -0.4 is 14.8 Å². The number of hydrogen-bond donors (Lipinski definition) is 1. The number of imidazole rings is 1. The number of carbonyl (C=O) groups excluding carboxylic acids is 1. The molecule has 6 heteroatoms. The Kier molecular flexibility index (Phi) is 5.86. The van der Waals surface area contributed by atoms with Gasteiger partial charge in [-0.05, 0) is 61.7 Å². The van der Waals surface area contributed by atoms with Gasteiger partial charge in [0.1, 0.15) is 17.1 Å². The molecule has 0 aliphatic rings. The fourth-order valence-electron chi connectivity index (χ4n) is 3.80. The van der Waals surface area contributed by atoms with E-state index in [1.54, 1.807) is 32.4 Å². The van der Waals surface area contributed by atoms with E-state index < -0.39 is 0 Å². The third kappa shape index (κ3) is 4.04. The Morgan fingerprint density at radius 3 is 2.50 bits per heavy atom. The Hall–Kier alpha value is -3.80. The van der Waals surface area contributed by atoms with Crippen molar-refractivity contribution in [3.63, 3.8) is 0 Å². The van der Waals surface area contributed by atoms with Crippen molar-refractivity contribution in [2.75, 3.05) is 19.5 Å². The standard InChI is InChI=1S/C26H27N3O3/c1-16-8-9-19(13-18(16)3)25-22(29-12-6-7-17(2)26(29)28-25)15-24(30)27-21-14-20(31-4)10-11-23(21)32-5/h6-14H,15H2,1-5H3,(H,27,30). The van der Waals surface area contributed by atoms with E-state index in [0.29, 0.717) is 17.2 Å². The third-order valence-corrected chi connectivity index (χ3v) is 5.73. The SMILES string of the molecule is COc1ccc(OC)c(NC(=O)Cc2c(-c3ccc(C)c(C)c3)nc3c(C)cccn23)c1. The van der Waals surface area contributed by atoms with Crippen LogP contribution in [0.2, 0.25) is 0 Å². The van der Waals surface area contributed by atoms with Crippen molar-refractivity contribution in [3.8, 4) is 22.8 Å². The first-order valence-corrected chi connectivity index (χ1v) is 10.5. The fraction of sp³-hybridized carbons (Fsp3) is 0.231. The van der Waals surface area contributed by atoms with Crippen LogP contribution in [0.5, 0.6) is 11.5 Å². The number of aromatic nitrogens is 2. The van der Waals surface area contributed by atoms with Gasteiger partial charge in [0.15, 0.2) is 0 Å². The molecule has 0 aliphatic carbocycles. The molecule has 0 spiro atoms. The van der Waals surface area contributed by atoms with Crippen LogP contribution in [-0.4, -0.2) is 29.5 Å². The van der Waals surface area contributed by atoms with E-state index in [1.165, 1.54) is 11.1 Å². The first kappa shape index (κ1) is 21.4. The van der Waals surface area contributed by atoms with Gasteiger partial charge in [-0.3, -0.25) is 4.79 Å². The number of methoxy groups -OCH3 is 2. The highest BCUT2D eigenvalue weighted by atomic mass is 16.5. The van der Waals surface area contributed by atoms with E-state index in [2.05, 4.69) is 37.4 Å². The van der Waals surface area contributed by atoms with Crippen molar-refractivity contribution in [2.24, 2.45) is 0 Å². The monoisotopic (exact) mass is 429 g/mol. The van der Waals surface area contributed by atoms with Gasteiger partial charge in [-0.1, -0.05) is 18.2 Å². The Morgan fingerprint density at radius 1 is 0.969 bits per heavy atom. The van der Waals surface area contributed by atoms with Gasteiger partial charge in [0.05, 0.1) is 37.7 Å². The van der Waals surface area contributed by atoms with Gasteiger partial charge >= 0.3 is 0 Å². The molecule has 0 radical (unpaired) electrons. The van der Waals surface area contributed by atoms with Crippen LogP contribution in [0.4, 0.5) is 5.69 Å². The lowest BCUT2D eigenvalue weighted by Crippen LogP contribution is -2.16. The van der Waals surface area contributed by atoms with Crippen LogP contribution in [0, 0.1) is 20.8 Å². The minimum absolute atomic E-state index is 0.160. The fourth-order valence-corrected chi connectivity index (χ4v) is 3.80. The molecule has 0 fully saturated rings. The summed E-state index contributed by atoms with van der Waals surface area (Å²) < 4.78 is 12.7. The predicted octanol–water partition coefficient (Wildman–Crippen LogP) is 5.12. The number of pyridine rings is 1. The predicted molar refractivity (Wildman–Crippen MR) is 127 cm³/mol. The lowest BCUT2D eigenvalue weighted by atomic mass is 10.0. The molecule has 0 unspecified atom stereocenters. The number of hydrogen-bond acceptors (Lipinski definition) is 4. The Balaban J connectivity index is 1.75. The summed E-state index contributed by atoms with van der Waals surface area (Å²) in [5, 5.41) is 2.97. The number of aryl methyl sites for hydroxylation is 3. The number of anilines is 1. The van der Waals surface area contributed by atoms with E-state index in [0.717, 1.165) is 28.2 Å². The highest BCUT2D eigenvalue weighted by Crippen LogP contribution is 2.31. The van der Waals surface area contributed by atoms with Crippen molar-refractivity contribution < 1.29 is 14.3 Å². The number of carbonyl (C=O) groups is 1. The van der Waals surface area contributed by atoms with Gasteiger partial charge in [-0.15, -0.1) is 0 Å². The summed E-state index contributed by atoms with van der Waals surface area (Å²) >= 11 is 0. The molecule has 6 nitrogen and oxygen atoms in total. The summed E-state index contributed by atoms with van der Waals surface area (Å²) in [6.07, 6.45) is 2.11. The Bertz CT molecular complexity index is 1310. The molecule has 4 aromatic rings. The smallest absolute Gasteiger partial charge is 0.230 e. The van der Waals surface area contributed by atoms with Crippen LogP contribution in [-0.2, 0) is 11.2 Å². The molecular formula is C26H27N3O3. The number of amides is 1. The second-order valence-corrected chi connectivity index (χ2v) is 7.88. The molecule has 1 amide bonds. The molecule has 0 bridgehead atoms. The quantitative estimate of drug-likeness (QED) is 0.462. The first-order valence-electron chi connectivity index (χ1n) is 10.5. The van der Waals surface area contributed by atoms with E-state index in [-0.39, 0.29) is 12.3 Å². The molecule has 164 valence electrons. The van der Waals surface area contributed by atoms with E-state index >= 15 is 0 Å². The second kappa shape index (κ2) is 8.75. The number of rotatable bonds is 6. The third-order valence-electron chi connectivity index (χ3n) is 5.73. The molecule has 32 heavy (non-hydrogen) atoms. The van der Waals surface area contributed by atoms with Crippen molar-refractivity contribution in [1.29, 1.82) is 0 Å². The maximum atomic E-state index is 13.1. The second-order valence-electron chi connectivity index (χ2n) is 7.88. The van der Waals surface area contributed by atoms with Crippen molar-refractivity contribution >= 4 is 17.2 Å². The van der Waals surface area contributed by atoms with Crippen molar-refractivity contribution in [2.45, 2.75) is 27.2 Å². The van der Waals surface area contributed by atoms with Gasteiger partial charge in [0.25, 0.3) is 0 Å². The molecule has 4 rings (SSSR count). The summed E-state index contributed by atoms with van der Waals surface area (Å²) in [7, 11) is 3.16. The van der Waals surface area contributed by atoms with Gasteiger partial charge in [0.2, 0.25) is 5.91 Å². The molecule has 2 heterocycles. The van der Waals surface area contributed by atoms with Crippen LogP contribution in [0.1, 0.15) is 22.4 Å². The normalized spacial score (nSPS) is 10.9. The van der Waals surface area contributed by atoms with Gasteiger partial charge in [0, 0.05) is 17.8 Å². The van der Waals surface area contributed by atoms with Crippen LogP contribution in [0.15, 0.2) is 54.7 Å². The number of benzene rings is 2. The first-order chi connectivity index (χ1) is 15.4. The maximum Gasteiger partial charge on any atom is 0.230 e. The lowest BCUT2D eigenvalue weighted by molar-refractivity contribution is -0.115. The average Bonchev–Trinajstić information content (AvgIpc) is 3.15. The molecule has 2 aromatic heterocycles. The van der Waals surface area contributed by atoms with E-state index in [9.17, 15) is 4.79 Å². The molecular weight excluding hydrogens is 402 g/mol. The van der Waals surface area contributed by atoms with Gasteiger partial charge < -0.3 is 19.2 Å². The minimum atomic E-state index is -0.162. The Morgan fingerprint density at radius 2 is 1.78 bits per heavy atom. The van der Waals surface area contributed by atoms with Crippen LogP contribution >= 0.6 is 0 Å². The summed E-state index contributed by atoms with van der Waals surface area (Å²) in [5.74, 6) is 1.05. The maximum absolute atomic E-state index is 13.1. The number of fused-ring (bicyclic) bond motifs is 1. The highest BCUT2D eigenvalue weighted by Gasteiger charge is 2.19. The van der Waals surface area contributed by atoms with E-state index in [1.807, 2.05) is 29.7 Å². The number of ether oxygens (including phenoxy) is 2. The highest BCUT2D eigenvalue weighted by molar-refractivity contribution is 5.95. The molecule has 0 saturated carbocycles. The number of nitrogens with one attached hydrogen (secondary N) is 1. The molecule has 0 atom stereocenters. The minimum Gasteiger partial charge on any atom is -0.497 e. The largest absolute Gasteiger partial charge is 0.497 e. The molecule has 0 saturated heterocycles. The Labute approximate surface area is 187 Å². The summed E-state index contributed by atoms with van der Waals surface area (Å²) in [6, 6.07) is 15.6. The van der Waals surface area contributed by atoms with E-state index in [4.69, 9.17) is 14.5 Å². The van der Waals surface area contributed by atoms with Gasteiger partial charge in [-0.2, -0.15) is 0 Å². The molecule has 1 N–H and O–H groups in total. The summed E-state index contributed by atoms with van der Waals surface area (Å²) in [6.45, 7) is 6.20. The summed E-state index contributed by atoms with van der Waals surface area (Å²) in [4.78, 5) is 18.0. The van der Waals surface area contributed by atoms with Crippen LogP contribution in [0.25, 0.3) is 16.9 Å². The molecule has 0 aliphatic heterocycles. The van der Waals surface area contributed by atoms with Crippen molar-refractivity contribution in [3.05, 3.63) is 77.1 Å². The van der Waals surface area contributed by atoms with Crippen LogP contribution in [0.3, 0.4) is 0 Å².